The third kappa shape index (κ3) is 3.63. The summed E-state index contributed by atoms with van der Waals surface area (Å²) in [5.41, 5.74) is 6.97. The van der Waals surface area contributed by atoms with E-state index in [1.165, 1.54) is 0 Å². The molecule has 0 radical (unpaired) electrons. The Morgan fingerprint density at radius 1 is 1.24 bits per heavy atom. The third-order valence-corrected chi connectivity index (χ3v) is 2.92. The average Bonchev–Trinajstić information content (AvgIpc) is 2.35. The first kappa shape index (κ1) is 13.8. The highest BCUT2D eigenvalue weighted by atomic mass is 16.5. The Morgan fingerprint density at radius 3 is 2.35 bits per heavy atom. The van der Waals surface area contributed by atoms with Gasteiger partial charge in [0.25, 0.3) is 0 Å². The van der Waals surface area contributed by atoms with Crippen LogP contribution in [0.25, 0.3) is 0 Å². The molecule has 0 saturated carbocycles. The zero-order chi connectivity index (χ0) is 12.8. The summed E-state index contributed by atoms with van der Waals surface area (Å²) < 4.78 is 11.2. The Balaban J connectivity index is 3.00. The summed E-state index contributed by atoms with van der Waals surface area (Å²) in [5.74, 6) is 1.64. The topological polar surface area (TPSA) is 44.5 Å². The van der Waals surface area contributed by atoms with Crippen LogP contribution in [0.5, 0.6) is 11.5 Å². The summed E-state index contributed by atoms with van der Waals surface area (Å²) in [4.78, 5) is 0. The smallest absolute Gasteiger partial charge is 0.128 e. The van der Waals surface area contributed by atoms with Gasteiger partial charge in [-0.15, -0.1) is 0 Å². The van der Waals surface area contributed by atoms with E-state index in [9.17, 15) is 0 Å². The Kier molecular flexibility index (Phi) is 5.29. The van der Waals surface area contributed by atoms with Crippen LogP contribution in [0.3, 0.4) is 0 Å². The Bertz CT molecular complexity index is 346. The molecule has 1 atom stereocenters. The van der Waals surface area contributed by atoms with E-state index >= 15 is 0 Å². The molecule has 0 aliphatic rings. The summed E-state index contributed by atoms with van der Waals surface area (Å²) in [5, 5.41) is 0. The van der Waals surface area contributed by atoms with Crippen LogP contribution < -0.4 is 15.2 Å². The van der Waals surface area contributed by atoms with E-state index in [0.717, 1.165) is 29.9 Å². The predicted molar refractivity (Wildman–Crippen MR) is 70.6 cm³/mol. The van der Waals surface area contributed by atoms with Crippen LogP contribution in [0.15, 0.2) is 18.2 Å². The highest BCUT2D eigenvalue weighted by Gasteiger charge is 2.13. The van der Waals surface area contributed by atoms with Crippen LogP contribution in [0.4, 0.5) is 0 Å². The minimum absolute atomic E-state index is 0.0368. The molecule has 3 heteroatoms. The fourth-order valence-corrected chi connectivity index (χ4v) is 1.75. The van der Waals surface area contributed by atoms with Gasteiger partial charge in [-0.2, -0.15) is 0 Å². The largest absolute Gasteiger partial charge is 0.497 e. The molecule has 2 N–H and O–H groups in total. The van der Waals surface area contributed by atoms with Crippen molar-refractivity contribution in [3.8, 4) is 11.5 Å². The normalized spacial score (nSPS) is 12.6. The van der Waals surface area contributed by atoms with Crippen LogP contribution in [0.2, 0.25) is 0 Å². The summed E-state index contributed by atoms with van der Waals surface area (Å²) in [6, 6.07) is 5.77. The number of benzene rings is 1. The number of rotatable bonds is 6. The van der Waals surface area contributed by atoms with Gasteiger partial charge in [-0.1, -0.05) is 19.9 Å². The van der Waals surface area contributed by atoms with Crippen molar-refractivity contribution in [2.75, 3.05) is 7.11 Å². The molecule has 0 unspecified atom stereocenters. The highest BCUT2D eigenvalue weighted by Crippen LogP contribution is 2.30. The minimum Gasteiger partial charge on any atom is -0.497 e. The summed E-state index contributed by atoms with van der Waals surface area (Å²) >= 11 is 0. The molecule has 96 valence electrons. The Labute approximate surface area is 104 Å². The maximum Gasteiger partial charge on any atom is 0.128 e. The van der Waals surface area contributed by atoms with Gasteiger partial charge in [0.15, 0.2) is 0 Å². The van der Waals surface area contributed by atoms with Gasteiger partial charge in [0.2, 0.25) is 0 Å². The van der Waals surface area contributed by atoms with Crippen LogP contribution in [0, 0.1) is 0 Å². The third-order valence-electron chi connectivity index (χ3n) is 2.92. The fraction of sp³-hybridized carbons (Fsp3) is 0.571. The van der Waals surface area contributed by atoms with Gasteiger partial charge in [-0.25, -0.2) is 0 Å². The molecule has 0 saturated heterocycles. The summed E-state index contributed by atoms with van der Waals surface area (Å²) in [7, 11) is 1.65. The lowest BCUT2D eigenvalue weighted by Crippen LogP contribution is -2.16. The standard InChI is InChI=1S/C14H23NO2/c1-5-11(6-2)17-14-9-12(16-4)7-8-13(14)10(3)15/h7-11H,5-6,15H2,1-4H3/t10-/m0/s1. The molecule has 0 aliphatic heterocycles. The monoisotopic (exact) mass is 237 g/mol. The first-order chi connectivity index (χ1) is 8.12. The number of ether oxygens (including phenoxy) is 2. The molecule has 0 aliphatic carbocycles. The number of hydrogen-bond acceptors (Lipinski definition) is 3. The molecular weight excluding hydrogens is 214 g/mol. The summed E-state index contributed by atoms with van der Waals surface area (Å²) in [6.07, 6.45) is 2.22. The molecule has 1 rings (SSSR count). The summed E-state index contributed by atoms with van der Waals surface area (Å²) in [6.45, 7) is 6.21. The van der Waals surface area contributed by atoms with E-state index in [0.29, 0.717) is 0 Å². The van der Waals surface area contributed by atoms with Crippen molar-refractivity contribution in [3.05, 3.63) is 23.8 Å². The van der Waals surface area contributed by atoms with Crippen molar-refractivity contribution in [2.45, 2.75) is 45.8 Å². The Morgan fingerprint density at radius 2 is 1.88 bits per heavy atom. The molecular formula is C14H23NO2. The van der Waals surface area contributed by atoms with Crippen molar-refractivity contribution in [2.24, 2.45) is 5.73 Å². The molecule has 0 spiro atoms. The van der Waals surface area contributed by atoms with Gasteiger partial charge in [0, 0.05) is 17.7 Å². The van der Waals surface area contributed by atoms with E-state index in [2.05, 4.69) is 13.8 Å². The van der Waals surface area contributed by atoms with Gasteiger partial charge in [-0.3, -0.25) is 0 Å². The van der Waals surface area contributed by atoms with E-state index in [1.54, 1.807) is 7.11 Å². The number of hydrogen-bond donors (Lipinski definition) is 1. The van der Waals surface area contributed by atoms with E-state index in [-0.39, 0.29) is 12.1 Å². The highest BCUT2D eigenvalue weighted by molar-refractivity contribution is 5.42. The van der Waals surface area contributed by atoms with E-state index < -0.39 is 0 Å². The van der Waals surface area contributed by atoms with Gasteiger partial charge in [0.1, 0.15) is 11.5 Å². The van der Waals surface area contributed by atoms with Crippen molar-refractivity contribution in [1.29, 1.82) is 0 Å². The average molecular weight is 237 g/mol. The van der Waals surface area contributed by atoms with Gasteiger partial charge in [0.05, 0.1) is 13.2 Å². The number of nitrogens with two attached hydrogens (primary N) is 1. The molecule has 0 aromatic heterocycles. The number of methoxy groups -OCH3 is 1. The predicted octanol–water partition coefficient (Wildman–Crippen LogP) is 3.28. The maximum atomic E-state index is 5.99. The lowest BCUT2D eigenvalue weighted by Gasteiger charge is -2.20. The first-order valence-electron chi connectivity index (χ1n) is 6.22. The molecule has 0 amide bonds. The quantitative estimate of drug-likeness (QED) is 0.825. The second kappa shape index (κ2) is 6.50. The molecule has 0 fully saturated rings. The van der Waals surface area contributed by atoms with Crippen molar-refractivity contribution >= 4 is 0 Å². The zero-order valence-corrected chi connectivity index (χ0v) is 11.2. The van der Waals surface area contributed by atoms with Gasteiger partial charge >= 0.3 is 0 Å². The van der Waals surface area contributed by atoms with Crippen molar-refractivity contribution in [1.82, 2.24) is 0 Å². The molecule has 3 nitrogen and oxygen atoms in total. The molecule has 0 bridgehead atoms. The zero-order valence-electron chi connectivity index (χ0n) is 11.2. The van der Waals surface area contributed by atoms with E-state index in [1.807, 2.05) is 25.1 Å². The molecule has 0 heterocycles. The molecule has 1 aromatic rings. The fourth-order valence-electron chi connectivity index (χ4n) is 1.75. The maximum absolute atomic E-state index is 5.99. The van der Waals surface area contributed by atoms with Crippen LogP contribution >= 0.6 is 0 Å². The van der Waals surface area contributed by atoms with E-state index in [4.69, 9.17) is 15.2 Å². The minimum atomic E-state index is -0.0368. The van der Waals surface area contributed by atoms with Crippen LogP contribution in [0.1, 0.15) is 45.2 Å². The Hall–Kier alpha value is -1.22. The molecule has 17 heavy (non-hydrogen) atoms. The SMILES string of the molecule is CCC(CC)Oc1cc(OC)ccc1[C@H](C)N. The van der Waals surface area contributed by atoms with Gasteiger partial charge in [-0.05, 0) is 25.8 Å². The van der Waals surface area contributed by atoms with Crippen molar-refractivity contribution in [3.63, 3.8) is 0 Å². The second-order valence-electron chi connectivity index (χ2n) is 4.25. The van der Waals surface area contributed by atoms with Crippen LogP contribution in [-0.4, -0.2) is 13.2 Å². The lowest BCUT2D eigenvalue weighted by atomic mass is 10.1. The van der Waals surface area contributed by atoms with Crippen LogP contribution in [-0.2, 0) is 0 Å². The first-order valence-corrected chi connectivity index (χ1v) is 6.22. The van der Waals surface area contributed by atoms with Crippen molar-refractivity contribution < 1.29 is 9.47 Å². The van der Waals surface area contributed by atoms with Gasteiger partial charge < -0.3 is 15.2 Å². The second-order valence-corrected chi connectivity index (χ2v) is 4.25. The lowest BCUT2D eigenvalue weighted by molar-refractivity contribution is 0.189. The molecule has 1 aromatic carbocycles.